The van der Waals surface area contributed by atoms with E-state index in [1.54, 1.807) is 60.8 Å². The molecule has 0 unspecified atom stereocenters. The van der Waals surface area contributed by atoms with Crippen LogP contribution in [0, 0.1) is 5.41 Å². The van der Waals surface area contributed by atoms with Gasteiger partial charge in [0.05, 0.1) is 5.56 Å². The minimum Gasteiger partial charge on any atom is -0.508 e. The average molecular weight is 307 g/mol. The fourth-order valence-electron chi connectivity index (χ4n) is 1.81. The summed E-state index contributed by atoms with van der Waals surface area (Å²) in [5.41, 5.74) is 1.14. The number of benzene rings is 2. The monoisotopic (exact) mass is 307 g/mol. The number of amidine groups is 2. The molecule has 2 rings (SSSR count). The van der Waals surface area contributed by atoms with Gasteiger partial charge in [0.1, 0.15) is 11.5 Å². The third-order valence-corrected chi connectivity index (χ3v) is 2.94. The first-order chi connectivity index (χ1) is 11.1. The molecule has 0 heterocycles. The van der Waals surface area contributed by atoms with Crippen LogP contribution in [0.4, 0.5) is 0 Å². The molecule has 0 saturated heterocycles. The molecule has 0 saturated carbocycles. The normalized spacial score (nSPS) is 12.1. The molecule has 0 aromatic heterocycles. The number of nitrogens with one attached hydrogen (secondary N) is 1. The predicted octanol–water partition coefficient (Wildman–Crippen LogP) is 3.52. The van der Waals surface area contributed by atoms with Gasteiger partial charge in [0.15, 0.2) is 11.7 Å². The maximum Gasteiger partial charge on any atom is 0.158 e. The van der Waals surface area contributed by atoms with Gasteiger partial charge in [-0.05, 0) is 55.0 Å². The van der Waals surface area contributed by atoms with E-state index in [9.17, 15) is 10.2 Å². The zero-order valence-electron chi connectivity index (χ0n) is 12.6. The minimum absolute atomic E-state index is 0.00333. The summed E-state index contributed by atoms with van der Waals surface area (Å²) in [6.45, 7) is 1.83. The van der Waals surface area contributed by atoms with Crippen molar-refractivity contribution in [2.24, 2.45) is 9.98 Å². The van der Waals surface area contributed by atoms with E-state index < -0.39 is 0 Å². The van der Waals surface area contributed by atoms with Crippen LogP contribution in [0.3, 0.4) is 0 Å². The Morgan fingerprint density at radius 3 is 2.39 bits per heavy atom. The van der Waals surface area contributed by atoms with E-state index in [2.05, 4.69) is 9.98 Å². The molecular formula is C18H17N3O2. The third-order valence-electron chi connectivity index (χ3n) is 2.94. The molecule has 0 aliphatic heterocycles. The van der Waals surface area contributed by atoms with Gasteiger partial charge in [-0.2, -0.15) is 0 Å². The molecule has 0 amide bonds. The smallest absolute Gasteiger partial charge is 0.158 e. The number of rotatable bonds is 3. The first-order valence-electron chi connectivity index (χ1n) is 7.01. The van der Waals surface area contributed by atoms with E-state index in [4.69, 9.17) is 5.41 Å². The van der Waals surface area contributed by atoms with Gasteiger partial charge >= 0.3 is 0 Å². The molecule has 23 heavy (non-hydrogen) atoms. The maximum atomic E-state index is 9.77. The Morgan fingerprint density at radius 1 is 1.04 bits per heavy atom. The van der Waals surface area contributed by atoms with Crippen LogP contribution in [0.15, 0.2) is 70.7 Å². The standard InChI is InChI=1S/C18H17N3O2/c1-2-5-17(20-12-13-8-10-14(22)11-9-13)21-18(19)15-6-3-4-7-16(15)23/h2-12,19,22-23H,1H3/b5-2+,19-18?,20-12+,21-17-. The number of hydrogen-bond acceptors (Lipinski definition) is 3. The van der Waals surface area contributed by atoms with Crippen LogP contribution in [0.5, 0.6) is 11.5 Å². The van der Waals surface area contributed by atoms with Crippen LogP contribution in [-0.2, 0) is 0 Å². The van der Waals surface area contributed by atoms with Crippen LogP contribution in [0.1, 0.15) is 18.1 Å². The van der Waals surface area contributed by atoms with E-state index >= 15 is 0 Å². The lowest BCUT2D eigenvalue weighted by molar-refractivity contribution is 0.474. The highest BCUT2D eigenvalue weighted by Gasteiger charge is 2.05. The largest absolute Gasteiger partial charge is 0.508 e. The van der Waals surface area contributed by atoms with Gasteiger partial charge in [-0.25, -0.2) is 9.98 Å². The van der Waals surface area contributed by atoms with Crippen molar-refractivity contribution in [3.63, 3.8) is 0 Å². The lowest BCUT2D eigenvalue weighted by Crippen LogP contribution is -2.01. The summed E-state index contributed by atoms with van der Waals surface area (Å²) in [7, 11) is 0. The van der Waals surface area contributed by atoms with Crippen molar-refractivity contribution in [3.05, 3.63) is 71.8 Å². The van der Waals surface area contributed by atoms with E-state index in [0.29, 0.717) is 11.4 Å². The molecule has 3 N–H and O–H groups in total. The minimum atomic E-state index is -0.0703. The molecule has 0 spiro atoms. The number of phenols is 2. The first kappa shape index (κ1) is 16.2. The molecule has 0 atom stereocenters. The Labute approximate surface area is 134 Å². The van der Waals surface area contributed by atoms with E-state index in [-0.39, 0.29) is 17.3 Å². The molecule has 116 valence electrons. The fourth-order valence-corrected chi connectivity index (χ4v) is 1.81. The highest BCUT2D eigenvalue weighted by Crippen LogP contribution is 2.16. The number of phenolic OH excluding ortho intramolecular Hbond substituents is 2. The van der Waals surface area contributed by atoms with Crippen LogP contribution in [-0.4, -0.2) is 28.1 Å². The summed E-state index contributed by atoms with van der Waals surface area (Å²) >= 11 is 0. The number of nitrogens with zero attached hydrogens (tertiary/aromatic N) is 2. The summed E-state index contributed by atoms with van der Waals surface area (Å²) in [6, 6.07) is 13.1. The topological polar surface area (TPSA) is 89.0 Å². The molecule has 2 aromatic rings. The predicted molar refractivity (Wildman–Crippen MR) is 92.9 cm³/mol. The molecule has 0 fully saturated rings. The van der Waals surface area contributed by atoms with Gasteiger partial charge in [-0.15, -0.1) is 0 Å². The van der Waals surface area contributed by atoms with Crippen molar-refractivity contribution in [1.29, 1.82) is 5.41 Å². The number of hydrogen-bond donors (Lipinski definition) is 3. The summed E-state index contributed by atoms with van der Waals surface area (Å²) in [5, 5.41) is 27.0. The van der Waals surface area contributed by atoms with Gasteiger partial charge in [-0.3, -0.25) is 5.41 Å². The Hall–Kier alpha value is -3.21. The second-order valence-electron chi connectivity index (χ2n) is 4.69. The molecule has 5 heteroatoms. The van der Waals surface area contributed by atoms with Gasteiger partial charge in [0.25, 0.3) is 0 Å². The molecule has 2 aromatic carbocycles. The zero-order chi connectivity index (χ0) is 16.7. The fraction of sp³-hybridized carbons (Fsp3) is 0.0556. The highest BCUT2D eigenvalue weighted by atomic mass is 16.3. The van der Waals surface area contributed by atoms with Crippen LogP contribution < -0.4 is 0 Å². The van der Waals surface area contributed by atoms with Gasteiger partial charge in [0.2, 0.25) is 0 Å². The second kappa shape index (κ2) is 7.70. The quantitative estimate of drug-likeness (QED) is 0.598. The molecule has 0 aliphatic rings. The van der Waals surface area contributed by atoms with Gasteiger partial charge in [0, 0.05) is 6.21 Å². The Morgan fingerprint density at radius 2 is 1.74 bits per heavy atom. The van der Waals surface area contributed by atoms with E-state index in [0.717, 1.165) is 5.56 Å². The summed E-state index contributed by atoms with van der Waals surface area (Å²) in [5.74, 6) is 0.460. The molecule has 5 nitrogen and oxygen atoms in total. The number of aliphatic imine (C=N–C) groups is 2. The van der Waals surface area contributed by atoms with Crippen molar-refractivity contribution >= 4 is 17.9 Å². The second-order valence-corrected chi connectivity index (χ2v) is 4.69. The van der Waals surface area contributed by atoms with Crippen LogP contribution in [0.25, 0.3) is 0 Å². The van der Waals surface area contributed by atoms with Gasteiger partial charge < -0.3 is 10.2 Å². The summed E-state index contributed by atoms with van der Waals surface area (Å²) in [4.78, 5) is 8.38. The van der Waals surface area contributed by atoms with Crippen molar-refractivity contribution in [1.82, 2.24) is 0 Å². The number of para-hydroxylation sites is 1. The Bertz CT molecular complexity index is 775. The Kier molecular flexibility index (Phi) is 5.41. The SMILES string of the molecule is C/C=C/C(=N/C(=N)c1ccccc1O)/N=C/c1ccc(O)cc1. The van der Waals surface area contributed by atoms with E-state index in [1.165, 1.54) is 6.07 Å². The van der Waals surface area contributed by atoms with Crippen molar-refractivity contribution < 1.29 is 10.2 Å². The van der Waals surface area contributed by atoms with Crippen molar-refractivity contribution in [3.8, 4) is 11.5 Å². The number of allylic oxidation sites excluding steroid dienone is 1. The number of aromatic hydroxyl groups is 2. The van der Waals surface area contributed by atoms with Gasteiger partial charge in [-0.1, -0.05) is 18.2 Å². The first-order valence-corrected chi connectivity index (χ1v) is 7.01. The highest BCUT2D eigenvalue weighted by molar-refractivity contribution is 6.11. The third kappa shape index (κ3) is 4.64. The summed E-state index contributed by atoms with van der Waals surface area (Å²) < 4.78 is 0. The van der Waals surface area contributed by atoms with Crippen molar-refractivity contribution in [2.45, 2.75) is 6.92 Å². The van der Waals surface area contributed by atoms with Crippen molar-refractivity contribution in [2.75, 3.05) is 0 Å². The molecular weight excluding hydrogens is 290 g/mol. The van der Waals surface area contributed by atoms with Crippen LogP contribution in [0.2, 0.25) is 0 Å². The lowest BCUT2D eigenvalue weighted by Gasteiger charge is -2.02. The maximum absolute atomic E-state index is 9.77. The van der Waals surface area contributed by atoms with Crippen LogP contribution >= 0.6 is 0 Å². The Balaban J connectivity index is 2.25. The molecule has 0 radical (unpaired) electrons. The molecule has 0 bridgehead atoms. The zero-order valence-corrected chi connectivity index (χ0v) is 12.6. The summed E-state index contributed by atoms with van der Waals surface area (Å²) in [6.07, 6.45) is 5.03. The average Bonchev–Trinajstić information content (AvgIpc) is 2.54. The molecule has 0 aliphatic carbocycles. The lowest BCUT2D eigenvalue weighted by atomic mass is 10.2. The van der Waals surface area contributed by atoms with E-state index in [1.807, 2.05) is 6.92 Å².